The zero-order valence-electron chi connectivity index (χ0n) is 11.0. The lowest BCUT2D eigenvalue weighted by Crippen LogP contribution is -2.47. The van der Waals surface area contributed by atoms with Crippen LogP contribution in [0.25, 0.3) is 0 Å². The number of carbonyl (C=O) groups excluding carboxylic acids is 1. The van der Waals surface area contributed by atoms with Gasteiger partial charge in [-0.05, 0) is 31.4 Å². The Labute approximate surface area is 112 Å². The van der Waals surface area contributed by atoms with Crippen LogP contribution in [0.15, 0.2) is 24.3 Å². The van der Waals surface area contributed by atoms with E-state index in [0.717, 1.165) is 24.1 Å². The third-order valence-corrected chi connectivity index (χ3v) is 3.32. The second-order valence-electron chi connectivity index (χ2n) is 4.57. The van der Waals surface area contributed by atoms with Gasteiger partial charge >= 0.3 is 12.0 Å². The van der Waals surface area contributed by atoms with E-state index in [1.165, 1.54) is 4.90 Å². The highest BCUT2D eigenvalue weighted by Crippen LogP contribution is 2.27. The Morgan fingerprint density at radius 2 is 2.11 bits per heavy atom. The van der Waals surface area contributed by atoms with Crippen LogP contribution in [0.2, 0.25) is 0 Å². The van der Waals surface area contributed by atoms with Gasteiger partial charge in [-0.3, -0.25) is 9.69 Å². The standard InChI is InChI=1S/C14H18N2O3/c1-2-15(10-13(17)18)14(19)16-9-5-7-11-6-3-4-8-12(11)16/h3-4,6,8H,2,5,7,9-10H2,1H3,(H,17,18). The smallest absolute Gasteiger partial charge is 0.325 e. The highest BCUT2D eigenvalue weighted by Gasteiger charge is 2.26. The summed E-state index contributed by atoms with van der Waals surface area (Å²) in [7, 11) is 0. The van der Waals surface area contributed by atoms with E-state index in [4.69, 9.17) is 5.11 Å². The highest BCUT2D eigenvalue weighted by atomic mass is 16.4. The van der Waals surface area contributed by atoms with Crippen LogP contribution < -0.4 is 4.90 Å². The Morgan fingerprint density at radius 1 is 1.37 bits per heavy atom. The molecular weight excluding hydrogens is 244 g/mol. The Bertz CT molecular complexity index is 487. The summed E-state index contributed by atoms with van der Waals surface area (Å²) in [5, 5.41) is 8.85. The number of aliphatic carboxylic acids is 1. The first-order chi connectivity index (χ1) is 9.13. The lowest BCUT2D eigenvalue weighted by atomic mass is 10.0. The number of carboxylic acids is 1. The van der Waals surface area contributed by atoms with Gasteiger partial charge in [0.15, 0.2) is 0 Å². The molecule has 2 amide bonds. The van der Waals surface area contributed by atoms with E-state index in [2.05, 4.69) is 0 Å². The molecule has 0 saturated carbocycles. The summed E-state index contributed by atoms with van der Waals surface area (Å²) in [5.74, 6) is -0.986. The average Bonchev–Trinajstić information content (AvgIpc) is 2.43. The molecule has 1 N–H and O–H groups in total. The first-order valence-electron chi connectivity index (χ1n) is 6.49. The fraction of sp³-hybridized carbons (Fsp3) is 0.429. The number of urea groups is 1. The number of hydrogen-bond donors (Lipinski definition) is 1. The van der Waals surface area contributed by atoms with Crippen LogP contribution in [0, 0.1) is 0 Å². The van der Waals surface area contributed by atoms with Crippen molar-refractivity contribution in [2.45, 2.75) is 19.8 Å². The van der Waals surface area contributed by atoms with Gasteiger partial charge in [0.05, 0.1) is 0 Å². The van der Waals surface area contributed by atoms with Crippen LogP contribution in [-0.2, 0) is 11.2 Å². The Kier molecular flexibility index (Phi) is 4.04. The summed E-state index contributed by atoms with van der Waals surface area (Å²) >= 11 is 0. The lowest BCUT2D eigenvalue weighted by Gasteiger charge is -2.33. The zero-order valence-corrected chi connectivity index (χ0v) is 11.0. The molecule has 0 radical (unpaired) electrons. The molecule has 1 aliphatic heterocycles. The molecule has 5 heteroatoms. The van der Waals surface area contributed by atoms with Crippen LogP contribution in [0.3, 0.4) is 0 Å². The van der Waals surface area contributed by atoms with Gasteiger partial charge in [-0.25, -0.2) is 4.79 Å². The zero-order chi connectivity index (χ0) is 13.8. The summed E-state index contributed by atoms with van der Waals surface area (Å²) in [6, 6.07) is 7.57. The van der Waals surface area contributed by atoms with Crippen LogP contribution >= 0.6 is 0 Å². The van der Waals surface area contributed by atoms with Crippen molar-refractivity contribution in [1.29, 1.82) is 0 Å². The Balaban J connectivity index is 2.22. The summed E-state index contributed by atoms with van der Waals surface area (Å²) in [4.78, 5) is 26.2. The van der Waals surface area contributed by atoms with Crippen LogP contribution in [0.1, 0.15) is 18.9 Å². The first-order valence-corrected chi connectivity index (χ1v) is 6.49. The molecule has 1 aromatic carbocycles. The minimum absolute atomic E-state index is 0.225. The molecule has 2 rings (SSSR count). The number of rotatable bonds is 3. The quantitative estimate of drug-likeness (QED) is 0.905. The number of fused-ring (bicyclic) bond motifs is 1. The van der Waals surface area contributed by atoms with Gasteiger partial charge in [0.1, 0.15) is 6.54 Å². The molecule has 1 heterocycles. The monoisotopic (exact) mass is 262 g/mol. The molecule has 1 aromatic rings. The molecule has 0 unspecified atom stereocenters. The molecule has 19 heavy (non-hydrogen) atoms. The molecule has 0 aromatic heterocycles. The molecule has 0 aliphatic carbocycles. The van der Waals surface area contributed by atoms with E-state index >= 15 is 0 Å². The predicted molar refractivity (Wildman–Crippen MR) is 72.4 cm³/mol. The molecule has 0 atom stereocenters. The predicted octanol–water partition coefficient (Wildman–Crippen LogP) is 1.97. The normalized spacial score (nSPS) is 13.8. The maximum atomic E-state index is 12.4. The number of carbonyl (C=O) groups is 2. The first kappa shape index (κ1) is 13.4. The minimum atomic E-state index is -0.986. The second kappa shape index (κ2) is 5.73. The second-order valence-corrected chi connectivity index (χ2v) is 4.57. The van der Waals surface area contributed by atoms with Crippen molar-refractivity contribution in [3.8, 4) is 0 Å². The van der Waals surface area contributed by atoms with Gasteiger partial charge in [-0.2, -0.15) is 0 Å². The number of carboxylic acid groups (broad SMARTS) is 1. The van der Waals surface area contributed by atoms with Crippen molar-refractivity contribution in [3.63, 3.8) is 0 Å². The van der Waals surface area contributed by atoms with Crippen molar-refractivity contribution in [2.75, 3.05) is 24.5 Å². The number of anilines is 1. The maximum Gasteiger partial charge on any atom is 0.325 e. The lowest BCUT2D eigenvalue weighted by molar-refractivity contribution is -0.137. The number of hydrogen-bond acceptors (Lipinski definition) is 2. The van der Waals surface area contributed by atoms with Crippen LogP contribution in [0.4, 0.5) is 10.5 Å². The van der Waals surface area contributed by atoms with Gasteiger partial charge in [0.25, 0.3) is 0 Å². The third kappa shape index (κ3) is 2.86. The molecular formula is C14H18N2O3. The average molecular weight is 262 g/mol. The van der Waals surface area contributed by atoms with E-state index in [1.807, 2.05) is 24.3 Å². The number of para-hydroxylation sites is 1. The topological polar surface area (TPSA) is 60.9 Å². The summed E-state index contributed by atoms with van der Waals surface area (Å²) in [6.45, 7) is 2.57. The summed E-state index contributed by atoms with van der Waals surface area (Å²) in [6.07, 6.45) is 1.87. The number of amides is 2. The van der Waals surface area contributed by atoms with Crippen LogP contribution in [-0.4, -0.2) is 41.6 Å². The van der Waals surface area contributed by atoms with Crippen molar-refractivity contribution < 1.29 is 14.7 Å². The molecule has 5 nitrogen and oxygen atoms in total. The van der Waals surface area contributed by atoms with E-state index in [1.54, 1.807) is 11.8 Å². The SMILES string of the molecule is CCN(CC(=O)O)C(=O)N1CCCc2ccccc21. The molecule has 0 spiro atoms. The number of benzene rings is 1. The summed E-state index contributed by atoms with van der Waals surface area (Å²) < 4.78 is 0. The fourth-order valence-electron chi connectivity index (χ4n) is 2.38. The molecule has 1 aliphatic rings. The van der Waals surface area contributed by atoms with Gasteiger partial charge in [-0.15, -0.1) is 0 Å². The number of likely N-dealkylation sites (N-methyl/N-ethyl adjacent to an activating group) is 1. The fourth-order valence-corrected chi connectivity index (χ4v) is 2.38. The van der Waals surface area contributed by atoms with Crippen molar-refractivity contribution in [3.05, 3.63) is 29.8 Å². The molecule has 0 saturated heterocycles. The number of nitrogens with zero attached hydrogens (tertiary/aromatic N) is 2. The Hall–Kier alpha value is -2.04. The minimum Gasteiger partial charge on any atom is -0.480 e. The summed E-state index contributed by atoms with van der Waals surface area (Å²) in [5.41, 5.74) is 2.05. The van der Waals surface area contributed by atoms with Crippen molar-refractivity contribution >= 4 is 17.7 Å². The van der Waals surface area contributed by atoms with Crippen LogP contribution in [0.5, 0.6) is 0 Å². The van der Waals surface area contributed by atoms with E-state index in [9.17, 15) is 9.59 Å². The molecule has 0 bridgehead atoms. The van der Waals surface area contributed by atoms with Gasteiger partial charge in [0, 0.05) is 18.8 Å². The molecule has 0 fully saturated rings. The Morgan fingerprint density at radius 3 is 2.79 bits per heavy atom. The van der Waals surface area contributed by atoms with Gasteiger partial charge in [0.2, 0.25) is 0 Å². The van der Waals surface area contributed by atoms with Gasteiger partial charge < -0.3 is 10.0 Å². The molecule has 102 valence electrons. The third-order valence-electron chi connectivity index (χ3n) is 3.32. The van der Waals surface area contributed by atoms with Crippen molar-refractivity contribution in [2.24, 2.45) is 0 Å². The van der Waals surface area contributed by atoms with Crippen molar-refractivity contribution in [1.82, 2.24) is 4.90 Å². The highest BCUT2D eigenvalue weighted by molar-refractivity contribution is 5.94. The van der Waals surface area contributed by atoms with E-state index in [-0.39, 0.29) is 12.6 Å². The maximum absolute atomic E-state index is 12.4. The number of aryl methyl sites for hydroxylation is 1. The van der Waals surface area contributed by atoms with E-state index < -0.39 is 5.97 Å². The largest absolute Gasteiger partial charge is 0.480 e. The van der Waals surface area contributed by atoms with E-state index in [0.29, 0.717) is 13.1 Å². The van der Waals surface area contributed by atoms with Gasteiger partial charge in [-0.1, -0.05) is 18.2 Å².